The van der Waals surface area contributed by atoms with Crippen molar-refractivity contribution < 1.29 is 9.53 Å². The Morgan fingerprint density at radius 1 is 1.58 bits per heavy atom. The first-order valence-electron chi connectivity index (χ1n) is 6.39. The van der Waals surface area contributed by atoms with E-state index >= 15 is 0 Å². The fourth-order valence-corrected chi connectivity index (χ4v) is 2.01. The lowest BCUT2D eigenvalue weighted by atomic mass is 10.1. The predicted molar refractivity (Wildman–Crippen MR) is 74.7 cm³/mol. The molecule has 0 spiro atoms. The van der Waals surface area contributed by atoms with Crippen LogP contribution < -0.4 is 11.1 Å². The number of hydrogen-bond donors (Lipinski definition) is 2. The number of aryl methyl sites for hydroxylation is 1. The van der Waals surface area contributed by atoms with Crippen LogP contribution in [-0.4, -0.2) is 25.7 Å². The van der Waals surface area contributed by atoms with Crippen molar-refractivity contribution in [3.8, 4) is 11.8 Å². The maximum absolute atomic E-state index is 12.0. The SMILES string of the molecule is Cc1cc(C#CCN)ccc1NC(=O)C1CCOC1. The first-order chi connectivity index (χ1) is 9.20. The van der Waals surface area contributed by atoms with E-state index in [1.54, 1.807) is 0 Å². The molecule has 1 atom stereocenters. The molecule has 1 aromatic rings. The third kappa shape index (κ3) is 3.57. The Hall–Kier alpha value is -1.83. The molecule has 2 rings (SSSR count). The van der Waals surface area contributed by atoms with Gasteiger partial charge in [-0.3, -0.25) is 4.79 Å². The van der Waals surface area contributed by atoms with Crippen molar-refractivity contribution in [3.05, 3.63) is 29.3 Å². The van der Waals surface area contributed by atoms with Crippen molar-refractivity contribution in [2.45, 2.75) is 13.3 Å². The van der Waals surface area contributed by atoms with Gasteiger partial charge < -0.3 is 15.8 Å². The van der Waals surface area contributed by atoms with E-state index in [0.29, 0.717) is 19.8 Å². The Morgan fingerprint density at radius 3 is 3.05 bits per heavy atom. The first kappa shape index (κ1) is 13.6. The van der Waals surface area contributed by atoms with E-state index in [4.69, 9.17) is 10.5 Å². The van der Waals surface area contributed by atoms with Crippen LogP contribution in [0.5, 0.6) is 0 Å². The van der Waals surface area contributed by atoms with Gasteiger partial charge in [0.05, 0.1) is 19.1 Å². The average Bonchev–Trinajstić information content (AvgIpc) is 2.93. The molecule has 4 heteroatoms. The molecule has 4 nitrogen and oxygen atoms in total. The topological polar surface area (TPSA) is 64.3 Å². The van der Waals surface area contributed by atoms with Crippen LogP contribution >= 0.6 is 0 Å². The quantitative estimate of drug-likeness (QED) is 0.785. The number of nitrogens with one attached hydrogen (secondary N) is 1. The van der Waals surface area contributed by atoms with Gasteiger partial charge in [0, 0.05) is 17.9 Å². The standard InChI is InChI=1S/C15H18N2O2/c1-11-9-12(3-2-7-16)4-5-14(11)17-15(18)13-6-8-19-10-13/h4-5,9,13H,6-8,10,16H2,1H3,(H,17,18). The lowest BCUT2D eigenvalue weighted by molar-refractivity contribution is -0.119. The minimum absolute atomic E-state index is 0.0291. The van der Waals surface area contributed by atoms with Gasteiger partial charge in [0.1, 0.15) is 0 Å². The summed E-state index contributed by atoms with van der Waals surface area (Å²) in [6, 6.07) is 5.71. The molecule has 1 aliphatic rings. The molecule has 1 saturated heterocycles. The molecule has 0 aromatic heterocycles. The number of ether oxygens (including phenoxy) is 1. The van der Waals surface area contributed by atoms with Crippen molar-refractivity contribution in [3.63, 3.8) is 0 Å². The van der Waals surface area contributed by atoms with Gasteiger partial charge in [-0.15, -0.1) is 0 Å². The van der Waals surface area contributed by atoms with Crippen molar-refractivity contribution in [1.29, 1.82) is 0 Å². The molecule has 1 unspecified atom stereocenters. The number of carbonyl (C=O) groups is 1. The number of hydrogen-bond acceptors (Lipinski definition) is 3. The zero-order chi connectivity index (χ0) is 13.7. The zero-order valence-corrected chi connectivity index (χ0v) is 11.0. The second kappa shape index (κ2) is 6.37. The van der Waals surface area contributed by atoms with Crippen molar-refractivity contribution in [2.75, 3.05) is 25.1 Å². The summed E-state index contributed by atoms with van der Waals surface area (Å²) in [7, 11) is 0. The summed E-state index contributed by atoms with van der Waals surface area (Å²) in [5.41, 5.74) is 8.07. The number of carbonyl (C=O) groups excluding carboxylic acids is 1. The summed E-state index contributed by atoms with van der Waals surface area (Å²) in [4.78, 5) is 12.0. The van der Waals surface area contributed by atoms with E-state index in [1.165, 1.54) is 0 Å². The third-order valence-electron chi connectivity index (χ3n) is 3.12. The summed E-state index contributed by atoms with van der Waals surface area (Å²) in [5.74, 6) is 5.78. The number of nitrogens with two attached hydrogens (primary N) is 1. The van der Waals surface area contributed by atoms with Gasteiger partial charge in [-0.25, -0.2) is 0 Å². The molecule has 1 fully saturated rings. The van der Waals surface area contributed by atoms with Crippen molar-refractivity contribution in [2.24, 2.45) is 11.7 Å². The van der Waals surface area contributed by atoms with Crippen LogP contribution in [0.15, 0.2) is 18.2 Å². The summed E-state index contributed by atoms with van der Waals surface area (Å²) in [6.07, 6.45) is 0.797. The van der Waals surface area contributed by atoms with E-state index in [0.717, 1.165) is 23.2 Å². The van der Waals surface area contributed by atoms with E-state index < -0.39 is 0 Å². The predicted octanol–water partition coefficient (Wildman–Crippen LogP) is 1.28. The van der Waals surface area contributed by atoms with Crippen LogP contribution in [0.3, 0.4) is 0 Å². The van der Waals surface area contributed by atoms with Gasteiger partial charge >= 0.3 is 0 Å². The Bertz CT molecular complexity index is 523. The van der Waals surface area contributed by atoms with Gasteiger partial charge in [0.15, 0.2) is 0 Å². The lowest BCUT2D eigenvalue weighted by Crippen LogP contribution is -2.23. The smallest absolute Gasteiger partial charge is 0.229 e. The zero-order valence-electron chi connectivity index (χ0n) is 11.0. The highest BCUT2D eigenvalue weighted by Gasteiger charge is 2.23. The van der Waals surface area contributed by atoms with E-state index in [2.05, 4.69) is 17.2 Å². The second-order valence-corrected chi connectivity index (χ2v) is 4.59. The van der Waals surface area contributed by atoms with Gasteiger partial charge in [0.2, 0.25) is 5.91 Å². The van der Waals surface area contributed by atoms with Crippen LogP contribution in [0.4, 0.5) is 5.69 Å². The minimum Gasteiger partial charge on any atom is -0.381 e. The molecule has 1 aliphatic heterocycles. The number of amides is 1. The Labute approximate surface area is 113 Å². The monoisotopic (exact) mass is 258 g/mol. The summed E-state index contributed by atoms with van der Waals surface area (Å²) < 4.78 is 5.22. The van der Waals surface area contributed by atoms with Crippen LogP contribution in [0.25, 0.3) is 0 Å². The normalized spacial score (nSPS) is 17.7. The molecule has 1 aromatic carbocycles. The molecule has 0 aliphatic carbocycles. The highest BCUT2D eigenvalue weighted by Crippen LogP contribution is 2.19. The summed E-state index contributed by atoms with van der Waals surface area (Å²) in [6.45, 7) is 3.49. The van der Waals surface area contributed by atoms with E-state index in [9.17, 15) is 4.79 Å². The molecule has 1 heterocycles. The van der Waals surface area contributed by atoms with E-state index in [1.807, 2.05) is 25.1 Å². The molecule has 0 saturated carbocycles. The molecule has 100 valence electrons. The Balaban J connectivity index is 2.06. The lowest BCUT2D eigenvalue weighted by Gasteiger charge is -2.11. The maximum Gasteiger partial charge on any atom is 0.229 e. The van der Waals surface area contributed by atoms with Crippen molar-refractivity contribution >= 4 is 11.6 Å². The molecular formula is C15H18N2O2. The van der Waals surface area contributed by atoms with Gasteiger partial charge in [0.25, 0.3) is 0 Å². The van der Waals surface area contributed by atoms with Crippen LogP contribution in [-0.2, 0) is 9.53 Å². The van der Waals surface area contributed by atoms with Crippen molar-refractivity contribution in [1.82, 2.24) is 0 Å². The van der Waals surface area contributed by atoms with Gasteiger partial charge in [-0.1, -0.05) is 11.8 Å². The number of benzene rings is 1. The molecule has 0 bridgehead atoms. The summed E-state index contributed by atoms with van der Waals surface area (Å²) >= 11 is 0. The van der Waals surface area contributed by atoms with Crippen LogP contribution in [0, 0.1) is 24.7 Å². The number of rotatable bonds is 2. The van der Waals surface area contributed by atoms with E-state index in [-0.39, 0.29) is 11.8 Å². The summed E-state index contributed by atoms with van der Waals surface area (Å²) in [5, 5.41) is 2.94. The Morgan fingerprint density at radius 2 is 2.42 bits per heavy atom. The fourth-order valence-electron chi connectivity index (χ4n) is 2.01. The molecule has 19 heavy (non-hydrogen) atoms. The molecule has 0 radical (unpaired) electrons. The molecule has 1 amide bonds. The molecular weight excluding hydrogens is 240 g/mol. The first-order valence-corrected chi connectivity index (χ1v) is 6.39. The maximum atomic E-state index is 12.0. The Kier molecular flexibility index (Phi) is 4.56. The highest BCUT2D eigenvalue weighted by molar-refractivity contribution is 5.93. The largest absolute Gasteiger partial charge is 0.381 e. The minimum atomic E-state index is -0.0314. The van der Waals surface area contributed by atoms with Crippen LogP contribution in [0.1, 0.15) is 17.5 Å². The average molecular weight is 258 g/mol. The molecule has 3 N–H and O–H groups in total. The third-order valence-corrected chi connectivity index (χ3v) is 3.12. The second-order valence-electron chi connectivity index (χ2n) is 4.59. The number of anilines is 1. The highest BCUT2D eigenvalue weighted by atomic mass is 16.5. The van der Waals surface area contributed by atoms with Gasteiger partial charge in [-0.2, -0.15) is 0 Å². The fraction of sp³-hybridized carbons (Fsp3) is 0.400. The van der Waals surface area contributed by atoms with Gasteiger partial charge in [-0.05, 0) is 37.1 Å². The van der Waals surface area contributed by atoms with Crippen LogP contribution in [0.2, 0.25) is 0 Å².